The van der Waals surface area contributed by atoms with Gasteiger partial charge in [0, 0.05) is 17.3 Å². The Kier molecular flexibility index (Phi) is 2.63. The summed E-state index contributed by atoms with van der Waals surface area (Å²) in [5.41, 5.74) is 3.60. The molecule has 1 aromatic carbocycles. The van der Waals surface area contributed by atoms with Crippen LogP contribution in [-0.4, -0.2) is 15.9 Å². The summed E-state index contributed by atoms with van der Waals surface area (Å²) in [5, 5.41) is 4.43. The van der Waals surface area contributed by atoms with Gasteiger partial charge in [-0.3, -0.25) is 4.79 Å². The Morgan fingerprint density at radius 1 is 1.21 bits per heavy atom. The minimum Gasteiger partial charge on any atom is -0.298 e. The average molecular weight is 254 g/mol. The fourth-order valence-corrected chi connectivity index (χ4v) is 2.20. The third-order valence-corrected chi connectivity index (χ3v) is 3.21. The van der Waals surface area contributed by atoms with Crippen molar-refractivity contribution in [3.63, 3.8) is 0 Å². The van der Waals surface area contributed by atoms with Crippen molar-refractivity contribution in [2.75, 3.05) is 0 Å². The topological polar surface area (TPSA) is 34.4 Å². The van der Waals surface area contributed by atoms with E-state index in [0.29, 0.717) is 11.3 Å². The van der Waals surface area contributed by atoms with Crippen molar-refractivity contribution >= 4 is 11.8 Å². The molecule has 3 nitrogen and oxygen atoms in total. The first-order chi connectivity index (χ1) is 9.20. The Morgan fingerprint density at radius 2 is 1.95 bits per heavy atom. The second-order valence-corrected chi connectivity index (χ2v) is 4.35. The zero-order valence-electron chi connectivity index (χ0n) is 10.3. The van der Waals surface area contributed by atoms with Gasteiger partial charge in [0.1, 0.15) is 11.5 Å². The predicted octanol–water partition coefficient (Wildman–Crippen LogP) is 3.26. The van der Waals surface area contributed by atoms with Gasteiger partial charge in [-0.05, 0) is 48.9 Å². The minimum absolute atomic E-state index is 0.310. The molecular formula is C15H11FN2O. The van der Waals surface area contributed by atoms with Crippen molar-refractivity contribution in [1.82, 2.24) is 9.61 Å². The first-order valence-electron chi connectivity index (χ1n) is 5.90. The van der Waals surface area contributed by atoms with Gasteiger partial charge in [0.25, 0.3) is 0 Å². The number of carbonyl (C=O) groups excluding carboxylic acids is 1. The highest BCUT2D eigenvalue weighted by Crippen LogP contribution is 2.25. The van der Waals surface area contributed by atoms with Gasteiger partial charge in [0.2, 0.25) is 0 Å². The number of hydrogen-bond donors (Lipinski definition) is 0. The van der Waals surface area contributed by atoms with Gasteiger partial charge in [0.05, 0.1) is 5.52 Å². The van der Waals surface area contributed by atoms with Crippen molar-refractivity contribution < 1.29 is 9.18 Å². The van der Waals surface area contributed by atoms with Gasteiger partial charge >= 0.3 is 0 Å². The van der Waals surface area contributed by atoms with Crippen LogP contribution in [0.25, 0.3) is 16.8 Å². The van der Waals surface area contributed by atoms with Crippen LogP contribution in [0.2, 0.25) is 0 Å². The number of hydrogen-bond acceptors (Lipinski definition) is 2. The lowest BCUT2D eigenvalue weighted by atomic mass is 10.0. The molecule has 0 aliphatic carbocycles. The number of fused-ring (bicyclic) bond motifs is 1. The molecule has 0 saturated heterocycles. The quantitative estimate of drug-likeness (QED) is 0.658. The van der Waals surface area contributed by atoms with E-state index in [1.807, 2.05) is 25.3 Å². The normalized spacial score (nSPS) is 10.8. The summed E-state index contributed by atoms with van der Waals surface area (Å²) in [4.78, 5) is 11.3. The van der Waals surface area contributed by atoms with E-state index in [2.05, 4.69) is 5.10 Å². The lowest BCUT2D eigenvalue weighted by Gasteiger charge is -2.09. The second kappa shape index (κ2) is 4.31. The highest BCUT2D eigenvalue weighted by molar-refractivity contribution is 5.90. The summed E-state index contributed by atoms with van der Waals surface area (Å²) in [5.74, 6) is -0.310. The van der Waals surface area contributed by atoms with Crippen molar-refractivity contribution in [3.05, 3.63) is 59.5 Å². The molecule has 3 aromatic rings. The largest absolute Gasteiger partial charge is 0.298 e. The standard InChI is InChI=1S/C15H11FN2O/c1-10-13(9-19)15(11-4-6-12(16)7-5-11)17-18-8-2-3-14(10)18/h2-9H,1H3. The molecule has 0 atom stereocenters. The number of aromatic nitrogens is 2. The Labute approximate surface area is 109 Å². The SMILES string of the molecule is Cc1c(C=O)c(-c2ccc(F)cc2)nn2cccc12. The van der Waals surface area contributed by atoms with Crippen LogP contribution in [0.15, 0.2) is 42.6 Å². The molecule has 0 aliphatic rings. The van der Waals surface area contributed by atoms with E-state index in [0.717, 1.165) is 22.9 Å². The molecule has 0 fully saturated rings. The Bertz CT molecular complexity index is 760. The van der Waals surface area contributed by atoms with Crippen LogP contribution in [0.5, 0.6) is 0 Å². The summed E-state index contributed by atoms with van der Waals surface area (Å²) < 4.78 is 14.7. The van der Waals surface area contributed by atoms with Crippen LogP contribution in [-0.2, 0) is 0 Å². The van der Waals surface area contributed by atoms with Crippen molar-refractivity contribution in [2.24, 2.45) is 0 Å². The summed E-state index contributed by atoms with van der Waals surface area (Å²) in [6, 6.07) is 9.75. The van der Waals surface area contributed by atoms with E-state index in [1.54, 1.807) is 16.6 Å². The zero-order chi connectivity index (χ0) is 13.4. The molecule has 4 heteroatoms. The van der Waals surface area contributed by atoms with Crippen LogP contribution in [0, 0.1) is 12.7 Å². The summed E-state index contributed by atoms with van der Waals surface area (Å²) in [6.45, 7) is 1.88. The highest BCUT2D eigenvalue weighted by atomic mass is 19.1. The predicted molar refractivity (Wildman–Crippen MR) is 70.7 cm³/mol. The molecule has 0 spiro atoms. The number of halogens is 1. The molecule has 0 radical (unpaired) electrons. The number of aldehydes is 1. The molecule has 3 rings (SSSR count). The van der Waals surface area contributed by atoms with Gasteiger partial charge in [-0.2, -0.15) is 5.10 Å². The number of rotatable bonds is 2. The van der Waals surface area contributed by atoms with Crippen LogP contribution in [0.3, 0.4) is 0 Å². The number of carbonyl (C=O) groups is 1. The van der Waals surface area contributed by atoms with Gasteiger partial charge in [0.15, 0.2) is 6.29 Å². The summed E-state index contributed by atoms with van der Waals surface area (Å²) in [6.07, 6.45) is 2.62. The minimum atomic E-state index is -0.310. The van der Waals surface area contributed by atoms with E-state index in [-0.39, 0.29) is 5.82 Å². The van der Waals surface area contributed by atoms with E-state index in [1.165, 1.54) is 12.1 Å². The molecule has 0 unspecified atom stereocenters. The van der Waals surface area contributed by atoms with E-state index in [4.69, 9.17) is 0 Å². The van der Waals surface area contributed by atoms with Gasteiger partial charge in [-0.1, -0.05) is 0 Å². The number of benzene rings is 1. The van der Waals surface area contributed by atoms with Crippen molar-refractivity contribution in [2.45, 2.75) is 6.92 Å². The maximum Gasteiger partial charge on any atom is 0.152 e. The van der Waals surface area contributed by atoms with Gasteiger partial charge in [-0.25, -0.2) is 8.91 Å². The van der Waals surface area contributed by atoms with Gasteiger partial charge in [-0.15, -0.1) is 0 Å². The molecule has 94 valence electrons. The molecule has 0 N–H and O–H groups in total. The lowest BCUT2D eigenvalue weighted by molar-refractivity contribution is 0.112. The first-order valence-corrected chi connectivity index (χ1v) is 5.90. The Balaban J connectivity index is 2.33. The fourth-order valence-electron chi connectivity index (χ4n) is 2.20. The summed E-state index contributed by atoms with van der Waals surface area (Å²) in [7, 11) is 0. The lowest BCUT2D eigenvalue weighted by Crippen LogP contribution is -2.02. The molecule has 2 aromatic heterocycles. The maximum atomic E-state index is 13.0. The molecule has 0 aliphatic heterocycles. The van der Waals surface area contributed by atoms with Crippen LogP contribution < -0.4 is 0 Å². The van der Waals surface area contributed by atoms with Gasteiger partial charge < -0.3 is 0 Å². The van der Waals surface area contributed by atoms with Crippen molar-refractivity contribution in [1.29, 1.82) is 0 Å². The third kappa shape index (κ3) is 1.81. The fraction of sp³-hybridized carbons (Fsp3) is 0.0667. The number of nitrogens with zero attached hydrogens (tertiary/aromatic N) is 2. The second-order valence-electron chi connectivity index (χ2n) is 4.35. The molecular weight excluding hydrogens is 243 g/mol. The first kappa shape index (κ1) is 11.6. The van der Waals surface area contributed by atoms with Crippen LogP contribution >= 0.6 is 0 Å². The van der Waals surface area contributed by atoms with E-state index in [9.17, 15) is 9.18 Å². The molecule has 2 heterocycles. The molecule has 0 amide bonds. The van der Waals surface area contributed by atoms with Crippen LogP contribution in [0.1, 0.15) is 15.9 Å². The molecule has 0 saturated carbocycles. The number of aryl methyl sites for hydroxylation is 1. The van der Waals surface area contributed by atoms with Crippen molar-refractivity contribution in [3.8, 4) is 11.3 Å². The molecule has 19 heavy (non-hydrogen) atoms. The average Bonchev–Trinajstić information content (AvgIpc) is 2.88. The molecule has 0 bridgehead atoms. The van der Waals surface area contributed by atoms with E-state index >= 15 is 0 Å². The Morgan fingerprint density at radius 3 is 2.63 bits per heavy atom. The smallest absolute Gasteiger partial charge is 0.152 e. The Hall–Kier alpha value is -2.49. The third-order valence-electron chi connectivity index (χ3n) is 3.21. The monoisotopic (exact) mass is 254 g/mol. The van der Waals surface area contributed by atoms with Crippen LogP contribution in [0.4, 0.5) is 4.39 Å². The zero-order valence-corrected chi connectivity index (χ0v) is 10.3. The highest BCUT2D eigenvalue weighted by Gasteiger charge is 2.13. The maximum absolute atomic E-state index is 13.0. The van der Waals surface area contributed by atoms with E-state index < -0.39 is 0 Å². The summed E-state index contributed by atoms with van der Waals surface area (Å²) >= 11 is 0.